The zero-order chi connectivity index (χ0) is 16.9. The molecule has 1 N–H and O–H groups in total. The van der Waals surface area contributed by atoms with Crippen LogP contribution in [0.15, 0.2) is 43.0 Å². The Labute approximate surface area is 143 Å². The van der Waals surface area contributed by atoms with Gasteiger partial charge in [0, 0.05) is 32.0 Å². The lowest BCUT2D eigenvalue weighted by Crippen LogP contribution is -2.40. The van der Waals surface area contributed by atoms with E-state index in [2.05, 4.69) is 33.1 Å². The van der Waals surface area contributed by atoms with Crippen molar-refractivity contribution in [2.45, 2.75) is 38.3 Å². The number of hydrogen-bond acceptors (Lipinski definition) is 3. The minimum absolute atomic E-state index is 0.0263. The number of ether oxygens (including phenoxy) is 1. The maximum Gasteiger partial charge on any atom is 0.223 e. The summed E-state index contributed by atoms with van der Waals surface area (Å²) in [6, 6.07) is 8.57. The summed E-state index contributed by atoms with van der Waals surface area (Å²) in [6.07, 6.45) is 8.35. The Morgan fingerprint density at radius 1 is 1.46 bits per heavy atom. The van der Waals surface area contributed by atoms with Gasteiger partial charge < -0.3 is 14.6 Å². The van der Waals surface area contributed by atoms with E-state index >= 15 is 0 Å². The number of nitrogens with zero attached hydrogens (tertiary/aromatic N) is 2. The molecule has 2 aromatic rings. The van der Waals surface area contributed by atoms with E-state index in [1.807, 2.05) is 25.5 Å². The van der Waals surface area contributed by atoms with E-state index < -0.39 is 0 Å². The highest BCUT2D eigenvalue weighted by atomic mass is 16.5. The fourth-order valence-electron chi connectivity index (χ4n) is 3.42. The van der Waals surface area contributed by atoms with Gasteiger partial charge in [0.05, 0.1) is 18.4 Å². The minimum atomic E-state index is -0.0672. The minimum Gasteiger partial charge on any atom is -0.385 e. The van der Waals surface area contributed by atoms with Crippen LogP contribution in [-0.4, -0.2) is 29.2 Å². The number of aryl methyl sites for hydroxylation is 1. The Kier molecular flexibility index (Phi) is 5.30. The quantitative estimate of drug-likeness (QED) is 0.887. The van der Waals surface area contributed by atoms with Crippen LogP contribution in [0.1, 0.15) is 43.0 Å². The van der Waals surface area contributed by atoms with Gasteiger partial charge >= 0.3 is 0 Å². The Balaban J connectivity index is 1.83. The van der Waals surface area contributed by atoms with Crippen LogP contribution in [0.2, 0.25) is 0 Å². The highest BCUT2D eigenvalue weighted by Crippen LogP contribution is 2.37. The first-order valence-corrected chi connectivity index (χ1v) is 8.55. The predicted molar refractivity (Wildman–Crippen MR) is 92.6 cm³/mol. The molecule has 5 heteroatoms. The van der Waals surface area contributed by atoms with Gasteiger partial charge in [0.1, 0.15) is 0 Å². The van der Waals surface area contributed by atoms with Crippen LogP contribution in [0.25, 0.3) is 0 Å². The molecule has 5 nitrogen and oxygen atoms in total. The molecule has 0 bridgehead atoms. The Bertz CT molecular complexity index is 669. The average Bonchev–Trinajstić information content (AvgIpc) is 3.14. The van der Waals surface area contributed by atoms with Gasteiger partial charge in [0.25, 0.3) is 0 Å². The van der Waals surface area contributed by atoms with Crippen molar-refractivity contribution in [1.29, 1.82) is 0 Å². The van der Waals surface area contributed by atoms with Crippen molar-refractivity contribution in [2.24, 2.45) is 5.92 Å². The third kappa shape index (κ3) is 3.51. The molecule has 128 valence electrons. The van der Waals surface area contributed by atoms with Gasteiger partial charge in [-0.05, 0) is 30.4 Å². The standard InChI is InChI=1S/C19H25N3O2/c1-14(9-12-24-2)19(23)21-18-16-6-4-3-5-15(16)7-8-17(18)22-11-10-20-13-22/h3-6,10-11,13-14,17-18H,7-9,12H2,1-2H3,(H,21,23). The van der Waals surface area contributed by atoms with Gasteiger partial charge in [-0.3, -0.25) is 4.79 Å². The Morgan fingerprint density at radius 2 is 2.29 bits per heavy atom. The van der Waals surface area contributed by atoms with Crippen molar-refractivity contribution in [1.82, 2.24) is 14.9 Å². The van der Waals surface area contributed by atoms with Crippen molar-refractivity contribution in [2.75, 3.05) is 13.7 Å². The number of nitrogens with one attached hydrogen (secondary N) is 1. The first kappa shape index (κ1) is 16.7. The summed E-state index contributed by atoms with van der Waals surface area (Å²) in [5, 5.41) is 3.28. The lowest BCUT2D eigenvalue weighted by atomic mass is 9.83. The Hall–Kier alpha value is -2.14. The molecule has 1 aromatic heterocycles. The highest BCUT2D eigenvalue weighted by molar-refractivity contribution is 5.79. The van der Waals surface area contributed by atoms with Gasteiger partial charge in [0.2, 0.25) is 5.91 Å². The smallest absolute Gasteiger partial charge is 0.223 e. The number of amides is 1. The second-order valence-electron chi connectivity index (χ2n) is 6.48. The van der Waals surface area contributed by atoms with Gasteiger partial charge in [-0.1, -0.05) is 31.2 Å². The molecule has 3 rings (SSSR count). The number of methoxy groups -OCH3 is 1. The maximum absolute atomic E-state index is 12.7. The zero-order valence-electron chi connectivity index (χ0n) is 14.3. The van der Waals surface area contributed by atoms with Crippen molar-refractivity contribution in [3.63, 3.8) is 0 Å². The molecule has 3 unspecified atom stereocenters. The van der Waals surface area contributed by atoms with E-state index in [1.165, 1.54) is 11.1 Å². The third-order valence-electron chi connectivity index (χ3n) is 4.89. The molecule has 0 fully saturated rings. The van der Waals surface area contributed by atoms with E-state index in [4.69, 9.17) is 4.74 Å². The third-order valence-corrected chi connectivity index (χ3v) is 4.89. The normalized spacial score (nSPS) is 21.1. The van der Waals surface area contributed by atoms with E-state index in [1.54, 1.807) is 13.3 Å². The van der Waals surface area contributed by atoms with E-state index in [9.17, 15) is 4.79 Å². The van der Waals surface area contributed by atoms with Crippen molar-refractivity contribution >= 4 is 5.91 Å². The zero-order valence-corrected chi connectivity index (χ0v) is 14.3. The fraction of sp³-hybridized carbons (Fsp3) is 0.474. The number of aromatic nitrogens is 2. The SMILES string of the molecule is COCCC(C)C(=O)NC1c2ccccc2CCC1n1ccnc1. The van der Waals surface area contributed by atoms with E-state index in [0.29, 0.717) is 6.61 Å². The van der Waals surface area contributed by atoms with Gasteiger partial charge in [-0.2, -0.15) is 0 Å². The number of fused-ring (bicyclic) bond motifs is 1. The van der Waals surface area contributed by atoms with E-state index in [0.717, 1.165) is 19.3 Å². The topological polar surface area (TPSA) is 56.1 Å². The maximum atomic E-state index is 12.7. The number of imidazole rings is 1. The second kappa shape index (κ2) is 7.62. The number of rotatable bonds is 6. The number of hydrogen-bond donors (Lipinski definition) is 1. The molecule has 0 saturated heterocycles. The summed E-state index contributed by atoms with van der Waals surface area (Å²) < 4.78 is 7.21. The van der Waals surface area contributed by atoms with Crippen LogP contribution >= 0.6 is 0 Å². The lowest BCUT2D eigenvalue weighted by Gasteiger charge is -2.35. The molecule has 1 aliphatic carbocycles. The first-order chi connectivity index (χ1) is 11.7. The summed E-state index contributed by atoms with van der Waals surface area (Å²) in [5.41, 5.74) is 2.54. The van der Waals surface area contributed by atoms with Crippen LogP contribution in [0, 0.1) is 5.92 Å². The number of carbonyl (C=O) groups is 1. The summed E-state index contributed by atoms with van der Waals surface area (Å²) in [4.78, 5) is 16.8. The van der Waals surface area contributed by atoms with Crippen LogP contribution in [0.5, 0.6) is 0 Å². The number of carbonyl (C=O) groups excluding carboxylic acids is 1. The molecule has 0 radical (unpaired) electrons. The fourth-order valence-corrected chi connectivity index (χ4v) is 3.42. The molecular weight excluding hydrogens is 302 g/mol. The number of benzene rings is 1. The van der Waals surface area contributed by atoms with Crippen LogP contribution in [-0.2, 0) is 16.0 Å². The lowest BCUT2D eigenvalue weighted by molar-refractivity contribution is -0.126. The van der Waals surface area contributed by atoms with Crippen molar-refractivity contribution in [3.05, 3.63) is 54.1 Å². The van der Waals surface area contributed by atoms with Gasteiger partial charge in [0.15, 0.2) is 0 Å². The molecule has 1 heterocycles. The van der Waals surface area contributed by atoms with Crippen LogP contribution < -0.4 is 5.32 Å². The second-order valence-corrected chi connectivity index (χ2v) is 6.48. The molecule has 3 atom stereocenters. The molecule has 1 aliphatic rings. The van der Waals surface area contributed by atoms with E-state index in [-0.39, 0.29) is 23.9 Å². The molecule has 1 aromatic carbocycles. The predicted octanol–water partition coefficient (Wildman–Crippen LogP) is 2.90. The molecule has 0 aliphatic heterocycles. The summed E-state index contributed by atoms with van der Waals surface area (Å²) in [5.74, 6) is 0.0151. The molecular formula is C19H25N3O2. The molecule has 24 heavy (non-hydrogen) atoms. The molecule has 0 saturated carbocycles. The van der Waals surface area contributed by atoms with Gasteiger partial charge in [-0.25, -0.2) is 4.98 Å². The van der Waals surface area contributed by atoms with Gasteiger partial charge in [-0.15, -0.1) is 0 Å². The molecule has 0 spiro atoms. The summed E-state index contributed by atoms with van der Waals surface area (Å²) in [7, 11) is 1.66. The Morgan fingerprint density at radius 3 is 3.04 bits per heavy atom. The van der Waals surface area contributed by atoms with Crippen molar-refractivity contribution in [3.8, 4) is 0 Å². The average molecular weight is 327 g/mol. The first-order valence-electron chi connectivity index (χ1n) is 8.55. The van der Waals surface area contributed by atoms with Crippen molar-refractivity contribution < 1.29 is 9.53 Å². The largest absolute Gasteiger partial charge is 0.385 e. The summed E-state index contributed by atoms with van der Waals surface area (Å²) >= 11 is 0. The molecule has 1 amide bonds. The monoisotopic (exact) mass is 327 g/mol. The van der Waals surface area contributed by atoms with Crippen LogP contribution in [0.4, 0.5) is 0 Å². The highest BCUT2D eigenvalue weighted by Gasteiger charge is 2.32. The summed E-state index contributed by atoms with van der Waals surface area (Å²) in [6.45, 7) is 2.55. The van der Waals surface area contributed by atoms with Crippen LogP contribution in [0.3, 0.4) is 0 Å².